The lowest BCUT2D eigenvalue weighted by Crippen LogP contribution is -2.31. The number of esters is 1. The highest BCUT2D eigenvalue weighted by molar-refractivity contribution is 6.32. The summed E-state index contributed by atoms with van der Waals surface area (Å²) in [4.78, 5) is 39.0. The molecule has 1 atom stereocenters. The van der Waals surface area contributed by atoms with Crippen LogP contribution in [-0.2, 0) is 14.3 Å². The molecule has 1 aromatic carbocycles. The van der Waals surface area contributed by atoms with Gasteiger partial charge in [-0.15, -0.1) is 0 Å². The standard InChI is InChI=1S/C18H17ClN2O5/c1-11(22)13-5-3-6-14(9-13)25-10-16(23)26-12(2)18(24)21-15-7-4-8-20-17(15)19/h3-9,12H,10H2,1-2H3,(H,21,24)/t12-/m0/s1. The van der Waals surface area contributed by atoms with Gasteiger partial charge >= 0.3 is 5.97 Å². The zero-order chi connectivity index (χ0) is 19.1. The van der Waals surface area contributed by atoms with Gasteiger partial charge in [-0.25, -0.2) is 9.78 Å². The van der Waals surface area contributed by atoms with Crippen LogP contribution in [0.2, 0.25) is 5.15 Å². The molecule has 0 aliphatic rings. The third kappa shape index (κ3) is 5.56. The largest absolute Gasteiger partial charge is 0.482 e. The third-order valence-corrected chi connectivity index (χ3v) is 3.59. The molecule has 0 radical (unpaired) electrons. The van der Waals surface area contributed by atoms with Gasteiger partial charge in [0.15, 0.2) is 23.6 Å². The fourth-order valence-electron chi connectivity index (χ4n) is 1.95. The number of nitrogens with zero attached hydrogens (tertiary/aromatic N) is 1. The molecule has 0 saturated heterocycles. The first-order valence-electron chi connectivity index (χ1n) is 7.71. The Morgan fingerprint density at radius 1 is 1.23 bits per heavy atom. The number of halogens is 1. The SMILES string of the molecule is CC(=O)c1cccc(OCC(=O)O[C@@H](C)C(=O)Nc2cccnc2Cl)c1. The van der Waals surface area contributed by atoms with E-state index < -0.39 is 24.6 Å². The molecule has 2 rings (SSSR count). The van der Waals surface area contributed by atoms with Crippen LogP contribution in [0, 0.1) is 0 Å². The Balaban J connectivity index is 1.85. The van der Waals surface area contributed by atoms with Gasteiger partial charge in [0, 0.05) is 11.8 Å². The maximum Gasteiger partial charge on any atom is 0.344 e. The number of Topliss-reactive ketones (excluding diaryl/α,β-unsaturated/α-hetero) is 1. The highest BCUT2D eigenvalue weighted by atomic mass is 35.5. The van der Waals surface area contributed by atoms with Crippen molar-refractivity contribution < 1.29 is 23.9 Å². The van der Waals surface area contributed by atoms with Crippen molar-refractivity contribution in [2.24, 2.45) is 0 Å². The number of hydrogen-bond acceptors (Lipinski definition) is 6. The molecule has 0 aliphatic heterocycles. The lowest BCUT2D eigenvalue weighted by atomic mass is 10.1. The number of pyridine rings is 1. The molecule has 0 bridgehead atoms. The molecule has 0 unspecified atom stereocenters. The summed E-state index contributed by atoms with van der Waals surface area (Å²) in [6.45, 7) is 2.46. The lowest BCUT2D eigenvalue weighted by Gasteiger charge is -2.14. The van der Waals surface area contributed by atoms with Crippen LogP contribution >= 0.6 is 11.6 Å². The summed E-state index contributed by atoms with van der Waals surface area (Å²) in [5, 5.41) is 2.65. The van der Waals surface area contributed by atoms with Gasteiger partial charge in [-0.1, -0.05) is 23.7 Å². The topological polar surface area (TPSA) is 94.6 Å². The highest BCUT2D eigenvalue weighted by Crippen LogP contribution is 2.18. The predicted octanol–water partition coefficient (Wildman–Crippen LogP) is 2.89. The molecule has 136 valence electrons. The molecule has 8 heteroatoms. The number of ketones is 1. The molecule has 7 nitrogen and oxygen atoms in total. The number of amides is 1. The zero-order valence-electron chi connectivity index (χ0n) is 14.2. The Morgan fingerprint density at radius 2 is 2.00 bits per heavy atom. The summed E-state index contributed by atoms with van der Waals surface area (Å²) in [6, 6.07) is 9.61. The smallest absolute Gasteiger partial charge is 0.344 e. The number of carbonyl (C=O) groups is 3. The second-order valence-electron chi connectivity index (χ2n) is 5.34. The minimum atomic E-state index is -1.05. The van der Waals surface area contributed by atoms with Gasteiger partial charge < -0.3 is 14.8 Å². The Morgan fingerprint density at radius 3 is 2.69 bits per heavy atom. The van der Waals surface area contributed by atoms with E-state index in [0.717, 1.165) is 0 Å². The van der Waals surface area contributed by atoms with Crippen LogP contribution in [0.25, 0.3) is 0 Å². The Kier molecular flexibility index (Phi) is 6.68. The Bertz CT molecular complexity index is 825. The van der Waals surface area contributed by atoms with E-state index in [1.807, 2.05) is 0 Å². The fourth-order valence-corrected chi connectivity index (χ4v) is 2.11. The summed E-state index contributed by atoms with van der Waals surface area (Å²) < 4.78 is 10.3. The Hall–Kier alpha value is -2.93. The van der Waals surface area contributed by atoms with Crippen molar-refractivity contribution in [1.29, 1.82) is 0 Å². The average Bonchev–Trinajstić information content (AvgIpc) is 2.62. The first-order chi connectivity index (χ1) is 12.4. The van der Waals surface area contributed by atoms with Crippen LogP contribution in [0.4, 0.5) is 5.69 Å². The van der Waals surface area contributed by atoms with E-state index >= 15 is 0 Å². The first-order valence-corrected chi connectivity index (χ1v) is 8.09. The second-order valence-corrected chi connectivity index (χ2v) is 5.69. The van der Waals surface area contributed by atoms with Crippen molar-refractivity contribution in [2.75, 3.05) is 11.9 Å². The first kappa shape index (κ1) is 19.4. The number of carbonyl (C=O) groups excluding carboxylic acids is 3. The molecule has 1 heterocycles. The van der Waals surface area contributed by atoms with Crippen molar-refractivity contribution >= 4 is 34.9 Å². The van der Waals surface area contributed by atoms with Crippen LogP contribution in [-0.4, -0.2) is 35.4 Å². The maximum absolute atomic E-state index is 12.0. The van der Waals surface area contributed by atoms with E-state index in [4.69, 9.17) is 21.1 Å². The number of anilines is 1. The second kappa shape index (κ2) is 8.96. The minimum Gasteiger partial charge on any atom is -0.482 e. The molecule has 0 saturated carbocycles. The summed E-state index contributed by atoms with van der Waals surface area (Å²) in [5.74, 6) is -1.03. The molecule has 1 amide bonds. The van der Waals surface area contributed by atoms with Crippen LogP contribution in [0.3, 0.4) is 0 Å². The maximum atomic E-state index is 12.0. The van der Waals surface area contributed by atoms with Gasteiger partial charge in [0.25, 0.3) is 5.91 Å². The fraction of sp³-hybridized carbons (Fsp3) is 0.222. The molecule has 1 N–H and O–H groups in total. The molecule has 0 spiro atoms. The number of benzene rings is 1. The van der Waals surface area contributed by atoms with Gasteiger partial charge in [-0.05, 0) is 38.1 Å². The van der Waals surface area contributed by atoms with E-state index in [9.17, 15) is 14.4 Å². The van der Waals surface area contributed by atoms with Crippen molar-refractivity contribution in [3.63, 3.8) is 0 Å². The molecule has 0 fully saturated rings. The summed E-state index contributed by atoms with van der Waals surface area (Å²) in [6.07, 6.45) is 0.436. The number of rotatable bonds is 7. The zero-order valence-corrected chi connectivity index (χ0v) is 14.9. The summed E-state index contributed by atoms with van der Waals surface area (Å²) in [5.41, 5.74) is 0.788. The van der Waals surface area contributed by atoms with E-state index in [0.29, 0.717) is 17.0 Å². The van der Waals surface area contributed by atoms with E-state index in [1.54, 1.807) is 30.3 Å². The van der Waals surface area contributed by atoms with Gasteiger partial charge in [0.2, 0.25) is 0 Å². The quantitative estimate of drug-likeness (QED) is 0.453. The number of aromatic nitrogens is 1. The average molecular weight is 377 g/mol. The number of ether oxygens (including phenoxy) is 2. The van der Waals surface area contributed by atoms with Gasteiger partial charge in [-0.2, -0.15) is 0 Å². The summed E-state index contributed by atoms with van der Waals surface area (Å²) in [7, 11) is 0. The highest BCUT2D eigenvalue weighted by Gasteiger charge is 2.19. The van der Waals surface area contributed by atoms with Gasteiger partial charge in [-0.3, -0.25) is 9.59 Å². The van der Waals surface area contributed by atoms with E-state index in [2.05, 4.69) is 10.3 Å². The molecular weight excluding hydrogens is 360 g/mol. The molecule has 26 heavy (non-hydrogen) atoms. The van der Waals surface area contributed by atoms with Crippen molar-refractivity contribution in [3.8, 4) is 5.75 Å². The van der Waals surface area contributed by atoms with Crippen molar-refractivity contribution in [1.82, 2.24) is 4.98 Å². The monoisotopic (exact) mass is 376 g/mol. The lowest BCUT2D eigenvalue weighted by molar-refractivity contribution is -0.155. The van der Waals surface area contributed by atoms with E-state index in [1.165, 1.54) is 26.1 Å². The molecule has 2 aromatic rings. The van der Waals surface area contributed by atoms with Gasteiger partial charge in [0.1, 0.15) is 5.75 Å². The molecule has 0 aliphatic carbocycles. The Labute approximate surface area is 155 Å². The molecule has 1 aromatic heterocycles. The van der Waals surface area contributed by atoms with Gasteiger partial charge in [0.05, 0.1) is 5.69 Å². The number of nitrogens with one attached hydrogen (secondary N) is 1. The van der Waals surface area contributed by atoms with Crippen molar-refractivity contribution in [3.05, 3.63) is 53.3 Å². The predicted molar refractivity (Wildman–Crippen MR) is 95.4 cm³/mol. The normalized spacial score (nSPS) is 11.3. The third-order valence-electron chi connectivity index (χ3n) is 3.29. The molecular formula is C18H17ClN2O5. The van der Waals surface area contributed by atoms with Crippen LogP contribution in [0.5, 0.6) is 5.75 Å². The number of hydrogen-bond donors (Lipinski definition) is 1. The van der Waals surface area contributed by atoms with Crippen molar-refractivity contribution in [2.45, 2.75) is 20.0 Å². The van der Waals surface area contributed by atoms with Crippen LogP contribution < -0.4 is 10.1 Å². The minimum absolute atomic E-state index is 0.114. The van der Waals surface area contributed by atoms with Crippen LogP contribution in [0.1, 0.15) is 24.2 Å². The summed E-state index contributed by atoms with van der Waals surface area (Å²) >= 11 is 5.85. The van der Waals surface area contributed by atoms with Crippen LogP contribution in [0.15, 0.2) is 42.6 Å². The van der Waals surface area contributed by atoms with E-state index in [-0.39, 0.29) is 10.9 Å².